The predicted octanol–water partition coefficient (Wildman–Crippen LogP) is 0.732. The summed E-state index contributed by atoms with van der Waals surface area (Å²) in [6.45, 7) is 2.27. The fourth-order valence-electron chi connectivity index (χ4n) is 3.38. The van der Waals surface area contributed by atoms with Crippen LogP contribution in [0.3, 0.4) is 0 Å². The van der Waals surface area contributed by atoms with E-state index in [1.807, 2.05) is 16.7 Å². The summed E-state index contributed by atoms with van der Waals surface area (Å²) in [6, 6.07) is 0.395. The lowest BCUT2D eigenvalue weighted by Gasteiger charge is -2.44. The molecule has 1 aliphatic carbocycles. The molecule has 3 fully saturated rings. The number of ether oxygens (including phenoxy) is 1. The third-order valence-corrected chi connectivity index (χ3v) is 5.86. The Hall–Kier alpha value is -0.750. The molecule has 0 N–H and O–H groups in total. The quantitative estimate of drug-likeness (QED) is 0.754. The van der Waals surface area contributed by atoms with Crippen molar-refractivity contribution < 1.29 is 14.3 Å². The van der Waals surface area contributed by atoms with Gasteiger partial charge in [0.2, 0.25) is 11.8 Å². The molecule has 0 aromatic rings. The number of hydrogen-bond acceptors (Lipinski definition) is 4. The molecule has 3 aliphatic rings. The number of fused-ring (bicyclic) bond motifs is 1. The minimum atomic E-state index is -0.0591. The normalized spacial score (nSPS) is 31.1. The van der Waals surface area contributed by atoms with Crippen molar-refractivity contribution in [1.82, 2.24) is 9.80 Å². The SMILES string of the molecule is O=C1COCCN1CC(=O)N1CCSC2CCCCC21. The van der Waals surface area contributed by atoms with Crippen molar-refractivity contribution in [3.63, 3.8) is 0 Å². The lowest BCUT2D eigenvalue weighted by molar-refractivity contribution is -0.149. The maximum atomic E-state index is 12.5. The van der Waals surface area contributed by atoms with E-state index in [0.717, 1.165) is 18.7 Å². The van der Waals surface area contributed by atoms with Gasteiger partial charge in [-0.3, -0.25) is 9.59 Å². The third kappa shape index (κ3) is 2.96. The van der Waals surface area contributed by atoms with Crippen molar-refractivity contribution in [2.24, 2.45) is 0 Å². The van der Waals surface area contributed by atoms with E-state index in [0.29, 0.717) is 24.4 Å². The molecule has 5 nitrogen and oxygen atoms in total. The van der Waals surface area contributed by atoms with Gasteiger partial charge in [-0.25, -0.2) is 0 Å². The van der Waals surface area contributed by atoms with Crippen LogP contribution in [-0.2, 0) is 14.3 Å². The van der Waals surface area contributed by atoms with Gasteiger partial charge >= 0.3 is 0 Å². The number of nitrogens with zero attached hydrogens (tertiary/aromatic N) is 2. The largest absolute Gasteiger partial charge is 0.370 e. The van der Waals surface area contributed by atoms with Crippen LogP contribution in [0.2, 0.25) is 0 Å². The minimum absolute atomic E-state index is 0.0591. The van der Waals surface area contributed by atoms with Crippen LogP contribution < -0.4 is 0 Å². The van der Waals surface area contributed by atoms with Crippen LogP contribution in [0.4, 0.5) is 0 Å². The van der Waals surface area contributed by atoms with Crippen molar-refractivity contribution in [1.29, 1.82) is 0 Å². The molecule has 2 saturated heterocycles. The van der Waals surface area contributed by atoms with Gasteiger partial charge in [-0.2, -0.15) is 11.8 Å². The molecular weight excluding hydrogens is 276 g/mol. The second-order valence-electron chi connectivity index (χ2n) is 5.72. The van der Waals surface area contributed by atoms with Gasteiger partial charge in [0.25, 0.3) is 0 Å². The average Bonchev–Trinajstić information content (AvgIpc) is 2.49. The van der Waals surface area contributed by atoms with Crippen molar-refractivity contribution in [2.75, 3.05) is 38.6 Å². The van der Waals surface area contributed by atoms with Crippen LogP contribution >= 0.6 is 11.8 Å². The van der Waals surface area contributed by atoms with Crippen LogP contribution in [0, 0.1) is 0 Å². The van der Waals surface area contributed by atoms with Crippen LogP contribution in [0.25, 0.3) is 0 Å². The summed E-state index contributed by atoms with van der Waals surface area (Å²) in [4.78, 5) is 28.0. The lowest BCUT2D eigenvalue weighted by atomic mass is 9.93. The van der Waals surface area contributed by atoms with Gasteiger partial charge in [0.15, 0.2) is 0 Å². The van der Waals surface area contributed by atoms with E-state index in [-0.39, 0.29) is 25.0 Å². The van der Waals surface area contributed by atoms with E-state index in [1.54, 1.807) is 4.90 Å². The first-order valence-corrected chi connectivity index (χ1v) is 8.57. The summed E-state index contributed by atoms with van der Waals surface area (Å²) in [7, 11) is 0. The second kappa shape index (κ2) is 6.35. The molecule has 2 amide bonds. The Morgan fingerprint density at radius 2 is 2.15 bits per heavy atom. The molecule has 1 saturated carbocycles. The maximum absolute atomic E-state index is 12.5. The fraction of sp³-hybridized carbons (Fsp3) is 0.857. The summed E-state index contributed by atoms with van der Waals surface area (Å²) in [5.74, 6) is 1.10. The van der Waals surface area contributed by atoms with Crippen LogP contribution in [0.15, 0.2) is 0 Å². The molecule has 0 spiro atoms. The molecule has 0 aromatic carbocycles. The van der Waals surface area contributed by atoms with Gasteiger partial charge in [-0.15, -0.1) is 0 Å². The van der Waals surface area contributed by atoms with Gasteiger partial charge in [-0.05, 0) is 12.8 Å². The maximum Gasteiger partial charge on any atom is 0.249 e. The molecule has 2 aliphatic heterocycles. The molecule has 2 heterocycles. The Morgan fingerprint density at radius 1 is 1.30 bits per heavy atom. The monoisotopic (exact) mass is 298 g/mol. The Kier molecular flexibility index (Phi) is 4.51. The molecule has 0 radical (unpaired) electrons. The number of carbonyl (C=O) groups excluding carboxylic acids is 2. The summed E-state index contributed by atoms with van der Waals surface area (Å²) < 4.78 is 5.11. The molecule has 0 aromatic heterocycles. The Morgan fingerprint density at radius 3 is 3.00 bits per heavy atom. The first-order valence-electron chi connectivity index (χ1n) is 7.52. The molecule has 3 rings (SSSR count). The molecule has 20 heavy (non-hydrogen) atoms. The zero-order chi connectivity index (χ0) is 13.9. The Labute approximate surface area is 124 Å². The highest BCUT2D eigenvalue weighted by Gasteiger charge is 2.37. The van der Waals surface area contributed by atoms with E-state index in [2.05, 4.69) is 0 Å². The van der Waals surface area contributed by atoms with E-state index in [9.17, 15) is 9.59 Å². The van der Waals surface area contributed by atoms with Crippen LogP contribution in [0.1, 0.15) is 25.7 Å². The molecule has 6 heteroatoms. The minimum Gasteiger partial charge on any atom is -0.370 e. The first-order chi connectivity index (χ1) is 9.75. The molecule has 2 unspecified atom stereocenters. The summed E-state index contributed by atoms with van der Waals surface area (Å²) in [5, 5.41) is 0.613. The van der Waals surface area contributed by atoms with Crippen molar-refractivity contribution >= 4 is 23.6 Å². The van der Waals surface area contributed by atoms with Gasteiger partial charge in [0.1, 0.15) is 6.61 Å². The fourth-order valence-corrected chi connectivity index (χ4v) is 4.82. The topological polar surface area (TPSA) is 49.9 Å². The average molecular weight is 298 g/mol. The van der Waals surface area contributed by atoms with Gasteiger partial charge in [-0.1, -0.05) is 12.8 Å². The first kappa shape index (κ1) is 14.2. The zero-order valence-corrected chi connectivity index (χ0v) is 12.6. The Balaban J connectivity index is 1.61. The van der Waals surface area contributed by atoms with Gasteiger partial charge < -0.3 is 14.5 Å². The van der Waals surface area contributed by atoms with E-state index in [4.69, 9.17) is 4.74 Å². The highest BCUT2D eigenvalue weighted by Crippen LogP contribution is 2.35. The molecule has 112 valence electrons. The number of hydrogen-bond donors (Lipinski definition) is 0. The summed E-state index contributed by atoms with van der Waals surface area (Å²) >= 11 is 2.02. The molecule has 2 atom stereocenters. The standard InChI is InChI=1S/C14H22N2O3S/c17-13(9-15-5-7-19-10-14(15)18)16-6-8-20-12-4-2-1-3-11(12)16/h11-12H,1-10H2. The van der Waals surface area contributed by atoms with Crippen molar-refractivity contribution in [2.45, 2.75) is 37.0 Å². The third-order valence-electron chi connectivity index (χ3n) is 4.46. The number of morpholine rings is 1. The highest BCUT2D eigenvalue weighted by molar-refractivity contribution is 8.00. The lowest BCUT2D eigenvalue weighted by Crippen LogP contribution is -2.55. The van der Waals surface area contributed by atoms with Crippen molar-refractivity contribution in [3.8, 4) is 0 Å². The predicted molar refractivity (Wildman–Crippen MR) is 77.6 cm³/mol. The number of rotatable bonds is 2. The van der Waals surface area contributed by atoms with Crippen LogP contribution in [0.5, 0.6) is 0 Å². The Bertz CT molecular complexity index is 389. The molecular formula is C14H22N2O3S. The van der Waals surface area contributed by atoms with Gasteiger partial charge in [0, 0.05) is 30.1 Å². The van der Waals surface area contributed by atoms with Crippen LogP contribution in [-0.4, -0.2) is 71.5 Å². The van der Waals surface area contributed by atoms with E-state index >= 15 is 0 Å². The van der Waals surface area contributed by atoms with Crippen molar-refractivity contribution in [3.05, 3.63) is 0 Å². The second-order valence-corrected chi connectivity index (χ2v) is 7.06. The number of amides is 2. The van der Waals surface area contributed by atoms with E-state index in [1.165, 1.54) is 19.3 Å². The zero-order valence-electron chi connectivity index (χ0n) is 11.8. The number of carbonyl (C=O) groups is 2. The van der Waals surface area contributed by atoms with E-state index < -0.39 is 0 Å². The summed E-state index contributed by atoms with van der Waals surface area (Å²) in [6.07, 6.45) is 4.87. The molecule has 0 bridgehead atoms. The smallest absolute Gasteiger partial charge is 0.249 e. The summed E-state index contributed by atoms with van der Waals surface area (Å²) in [5.41, 5.74) is 0. The van der Waals surface area contributed by atoms with Gasteiger partial charge in [0.05, 0.1) is 13.2 Å². The number of thioether (sulfide) groups is 1. The highest BCUT2D eigenvalue weighted by atomic mass is 32.2.